The number of ether oxygens (including phenoxy) is 1. The lowest BCUT2D eigenvalue weighted by molar-refractivity contribution is -0.125. The number of hydrazine groups is 1. The van der Waals surface area contributed by atoms with E-state index in [-0.39, 0.29) is 18.3 Å². The largest absolute Gasteiger partial charge is 0.384 e. The standard InChI is InChI=1S/C6H10N4O2/c1-12-4-6(11)10-9-5(8)2-3-7/h2,9H,4,8H2,1H3,(H,10,11)/b5-2+. The maximum Gasteiger partial charge on any atom is 0.264 e. The molecule has 66 valence electrons. The molecule has 0 saturated heterocycles. The van der Waals surface area contributed by atoms with Crippen LogP contribution in [0.1, 0.15) is 0 Å². The Morgan fingerprint density at radius 2 is 2.42 bits per heavy atom. The van der Waals surface area contributed by atoms with Gasteiger partial charge in [-0.1, -0.05) is 0 Å². The molecule has 1 amide bonds. The summed E-state index contributed by atoms with van der Waals surface area (Å²) in [6.07, 6.45) is 1.06. The highest BCUT2D eigenvalue weighted by Gasteiger charge is 1.97. The minimum absolute atomic E-state index is 0.0627. The molecule has 6 nitrogen and oxygen atoms in total. The van der Waals surface area contributed by atoms with Crippen LogP contribution >= 0.6 is 0 Å². The quantitative estimate of drug-likeness (QED) is 0.355. The predicted octanol–water partition coefficient (Wildman–Crippen LogP) is -1.42. The molecule has 0 aliphatic carbocycles. The van der Waals surface area contributed by atoms with Crippen LogP contribution in [-0.4, -0.2) is 19.6 Å². The number of allylic oxidation sites excluding steroid dienone is 1. The van der Waals surface area contributed by atoms with Gasteiger partial charge in [0.25, 0.3) is 5.91 Å². The van der Waals surface area contributed by atoms with E-state index in [0.717, 1.165) is 6.08 Å². The number of hydrogen-bond acceptors (Lipinski definition) is 5. The van der Waals surface area contributed by atoms with Gasteiger partial charge in [-0.3, -0.25) is 15.6 Å². The lowest BCUT2D eigenvalue weighted by Crippen LogP contribution is -2.41. The number of amides is 1. The smallest absolute Gasteiger partial charge is 0.264 e. The average molecular weight is 170 g/mol. The van der Waals surface area contributed by atoms with Crippen LogP contribution in [0.2, 0.25) is 0 Å². The van der Waals surface area contributed by atoms with E-state index >= 15 is 0 Å². The highest BCUT2D eigenvalue weighted by atomic mass is 16.5. The molecule has 0 bridgehead atoms. The minimum Gasteiger partial charge on any atom is -0.384 e. The monoisotopic (exact) mass is 170 g/mol. The maximum atomic E-state index is 10.7. The van der Waals surface area contributed by atoms with Gasteiger partial charge in [0.2, 0.25) is 0 Å². The lowest BCUT2D eigenvalue weighted by atomic mass is 10.6. The Balaban J connectivity index is 3.63. The highest BCUT2D eigenvalue weighted by Crippen LogP contribution is 1.72. The summed E-state index contributed by atoms with van der Waals surface area (Å²) in [7, 11) is 1.40. The van der Waals surface area contributed by atoms with Crippen LogP contribution in [0.3, 0.4) is 0 Å². The summed E-state index contributed by atoms with van der Waals surface area (Å²) in [6.45, 7) is -0.0627. The van der Waals surface area contributed by atoms with Crippen molar-refractivity contribution in [3.63, 3.8) is 0 Å². The number of methoxy groups -OCH3 is 1. The SMILES string of the molecule is COCC(=O)NN/C(N)=C/C#N. The number of carbonyl (C=O) groups is 1. The molecule has 0 aliphatic heterocycles. The van der Waals surface area contributed by atoms with Crippen LogP contribution in [0, 0.1) is 11.3 Å². The number of rotatable bonds is 4. The van der Waals surface area contributed by atoms with Crippen molar-refractivity contribution in [1.82, 2.24) is 10.9 Å². The molecule has 0 radical (unpaired) electrons. The fraction of sp³-hybridized carbons (Fsp3) is 0.333. The predicted molar refractivity (Wildman–Crippen MR) is 41.0 cm³/mol. The molecule has 0 heterocycles. The van der Waals surface area contributed by atoms with Gasteiger partial charge in [-0.2, -0.15) is 5.26 Å². The van der Waals surface area contributed by atoms with E-state index in [4.69, 9.17) is 11.0 Å². The van der Waals surface area contributed by atoms with Crippen LogP contribution < -0.4 is 16.6 Å². The van der Waals surface area contributed by atoms with Crippen LogP contribution in [0.4, 0.5) is 0 Å². The van der Waals surface area contributed by atoms with Crippen molar-refractivity contribution in [3.05, 3.63) is 11.9 Å². The molecule has 0 saturated carbocycles. The number of hydrogen-bond donors (Lipinski definition) is 3. The number of nitriles is 1. The number of nitrogens with zero attached hydrogens (tertiary/aromatic N) is 1. The van der Waals surface area contributed by atoms with Crippen LogP contribution in [0.25, 0.3) is 0 Å². The zero-order valence-electron chi connectivity index (χ0n) is 6.63. The Hall–Kier alpha value is -1.74. The Morgan fingerprint density at radius 1 is 1.75 bits per heavy atom. The van der Waals surface area contributed by atoms with E-state index in [2.05, 4.69) is 15.6 Å². The first-order valence-electron chi connectivity index (χ1n) is 3.09. The number of nitrogens with one attached hydrogen (secondary N) is 2. The van der Waals surface area contributed by atoms with Crippen molar-refractivity contribution in [2.24, 2.45) is 5.73 Å². The topological polar surface area (TPSA) is 100 Å². The second kappa shape index (κ2) is 6.00. The average Bonchev–Trinajstić information content (AvgIpc) is 2.02. The third kappa shape index (κ3) is 5.08. The summed E-state index contributed by atoms with van der Waals surface area (Å²) in [4.78, 5) is 10.7. The number of nitrogens with two attached hydrogens (primary N) is 1. The summed E-state index contributed by atoms with van der Waals surface area (Å²) in [5.41, 5.74) is 9.72. The van der Waals surface area contributed by atoms with Crippen molar-refractivity contribution in [2.45, 2.75) is 0 Å². The fourth-order valence-corrected chi connectivity index (χ4v) is 0.415. The Morgan fingerprint density at radius 3 is 2.92 bits per heavy atom. The molecule has 0 aromatic rings. The molecule has 0 aromatic carbocycles. The second-order valence-electron chi connectivity index (χ2n) is 1.83. The van der Waals surface area contributed by atoms with Crippen molar-refractivity contribution >= 4 is 5.91 Å². The number of carbonyl (C=O) groups excluding carboxylic acids is 1. The van der Waals surface area contributed by atoms with Gasteiger partial charge in [0.05, 0.1) is 12.1 Å². The first kappa shape index (κ1) is 10.3. The lowest BCUT2D eigenvalue weighted by Gasteiger charge is -2.05. The van der Waals surface area contributed by atoms with E-state index in [1.165, 1.54) is 7.11 Å². The van der Waals surface area contributed by atoms with Gasteiger partial charge in [0.1, 0.15) is 12.4 Å². The van der Waals surface area contributed by atoms with E-state index in [9.17, 15) is 4.79 Å². The third-order valence-electron chi connectivity index (χ3n) is 0.842. The molecular formula is C6H10N4O2. The van der Waals surface area contributed by atoms with Crippen molar-refractivity contribution < 1.29 is 9.53 Å². The molecule has 0 aromatic heterocycles. The highest BCUT2D eigenvalue weighted by molar-refractivity contribution is 5.76. The van der Waals surface area contributed by atoms with Crippen LogP contribution in [-0.2, 0) is 9.53 Å². The van der Waals surface area contributed by atoms with E-state index < -0.39 is 0 Å². The molecule has 0 rings (SSSR count). The van der Waals surface area contributed by atoms with Gasteiger partial charge in [-0.05, 0) is 0 Å². The summed E-state index contributed by atoms with van der Waals surface area (Å²) in [5, 5.41) is 8.12. The summed E-state index contributed by atoms with van der Waals surface area (Å²) >= 11 is 0. The van der Waals surface area contributed by atoms with Crippen LogP contribution in [0.15, 0.2) is 11.9 Å². The molecule has 0 unspecified atom stereocenters. The maximum absolute atomic E-state index is 10.7. The zero-order valence-corrected chi connectivity index (χ0v) is 6.63. The van der Waals surface area contributed by atoms with E-state index in [1.54, 1.807) is 6.07 Å². The molecule has 0 aliphatic rings. The van der Waals surface area contributed by atoms with Gasteiger partial charge in [-0.15, -0.1) is 0 Å². The molecular weight excluding hydrogens is 160 g/mol. The van der Waals surface area contributed by atoms with Gasteiger partial charge in [-0.25, -0.2) is 0 Å². The molecule has 0 fully saturated rings. The van der Waals surface area contributed by atoms with Crippen molar-refractivity contribution in [3.8, 4) is 6.07 Å². The first-order valence-corrected chi connectivity index (χ1v) is 3.09. The molecule has 0 atom stereocenters. The fourth-order valence-electron chi connectivity index (χ4n) is 0.415. The Kier molecular flexibility index (Phi) is 5.13. The van der Waals surface area contributed by atoms with Crippen molar-refractivity contribution in [1.29, 1.82) is 5.26 Å². The van der Waals surface area contributed by atoms with Gasteiger partial charge >= 0.3 is 0 Å². The minimum atomic E-state index is -0.369. The third-order valence-corrected chi connectivity index (χ3v) is 0.842. The molecule has 4 N–H and O–H groups in total. The molecule has 0 spiro atoms. The van der Waals surface area contributed by atoms with E-state index in [1.807, 2.05) is 0 Å². The Labute approximate surface area is 70.0 Å². The first-order chi connectivity index (χ1) is 5.70. The van der Waals surface area contributed by atoms with Gasteiger partial charge < -0.3 is 10.5 Å². The molecule has 12 heavy (non-hydrogen) atoms. The van der Waals surface area contributed by atoms with Crippen molar-refractivity contribution in [2.75, 3.05) is 13.7 Å². The van der Waals surface area contributed by atoms with Crippen LogP contribution in [0.5, 0.6) is 0 Å². The normalized spacial score (nSPS) is 10.2. The van der Waals surface area contributed by atoms with Gasteiger partial charge in [0, 0.05) is 7.11 Å². The summed E-state index contributed by atoms with van der Waals surface area (Å²) in [6, 6.07) is 1.69. The summed E-state index contributed by atoms with van der Waals surface area (Å²) < 4.78 is 4.52. The van der Waals surface area contributed by atoms with Gasteiger partial charge in [0.15, 0.2) is 0 Å². The molecule has 6 heteroatoms. The van der Waals surface area contributed by atoms with E-state index in [0.29, 0.717) is 0 Å². The Bertz CT molecular complexity index is 218. The zero-order chi connectivity index (χ0) is 9.40. The summed E-state index contributed by atoms with van der Waals surface area (Å²) in [5.74, 6) is -0.297. The second-order valence-corrected chi connectivity index (χ2v) is 1.83.